The van der Waals surface area contributed by atoms with E-state index in [2.05, 4.69) is 6.07 Å². The molecule has 0 fully saturated rings. The van der Waals surface area contributed by atoms with Crippen molar-refractivity contribution in [3.8, 4) is 6.07 Å². The van der Waals surface area contributed by atoms with E-state index in [1.165, 1.54) is 4.31 Å². The van der Waals surface area contributed by atoms with Crippen LogP contribution >= 0.6 is 11.8 Å². The second kappa shape index (κ2) is 5.67. The summed E-state index contributed by atoms with van der Waals surface area (Å²) in [7, 11) is -3.61. The summed E-state index contributed by atoms with van der Waals surface area (Å²) in [5, 5.41) is 9.05. The van der Waals surface area contributed by atoms with Gasteiger partial charge in [0, 0.05) is 17.2 Å². The molecule has 1 aliphatic heterocycles. The lowest BCUT2D eigenvalue weighted by Gasteiger charge is -2.30. The predicted octanol–water partition coefficient (Wildman–Crippen LogP) is 3.17. The SMILES string of the molecule is Cc1ccc(S(=O)(=O)N2CCSc3ccc(C#N)cc32)cc1. The lowest BCUT2D eigenvalue weighted by atomic mass is 10.2. The van der Waals surface area contributed by atoms with E-state index < -0.39 is 10.0 Å². The molecule has 3 rings (SSSR count). The van der Waals surface area contributed by atoms with E-state index in [4.69, 9.17) is 5.26 Å². The van der Waals surface area contributed by atoms with E-state index in [9.17, 15) is 8.42 Å². The first kappa shape index (κ1) is 14.9. The molecule has 0 bridgehead atoms. The molecule has 0 unspecified atom stereocenters. The fraction of sp³-hybridized carbons (Fsp3) is 0.188. The van der Waals surface area contributed by atoms with Gasteiger partial charge in [-0.2, -0.15) is 5.26 Å². The van der Waals surface area contributed by atoms with E-state index in [0.717, 1.165) is 10.5 Å². The molecule has 4 nitrogen and oxygen atoms in total. The van der Waals surface area contributed by atoms with Gasteiger partial charge in [-0.05, 0) is 37.3 Å². The summed E-state index contributed by atoms with van der Waals surface area (Å²) in [6.07, 6.45) is 0. The van der Waals surface area contributed by atoms with Gasteiger partial charge in [-0.25, -0.2) is 8.42 Å². The van der Waals surface area contributed by atoms with Crippen LogP contribution in [0.5, 0.6) is 0 Å². The molecule has 0 radical (unpaired) electrons. The number of fused-ring (bicyclic) bond motifs is 1. The highest BCUT2D eigenvalue weighted by Crippen LogP contribution is 2.38. The molecule has 0 saturated carbocycles. The molecule has 22 heavy (non-hydrogen) atoms. The quantitative estimate of drug-likeness (QED) is 0.848. The van der Waals surface area contributed by atoms with Crippen LogP contribution in [0.1, 0.15) is 11.1 Å². The van der Waals surface area contributed by atoms with Gasteiger partial charge in [0.05, 0.1) is 22.2 Å². The van der Waals surface area contributed by atoms with Gasteiger partial charge in [0.15, 0.2) is 0 Å². The maximum absolute atomic E-state index is 12.9. The molecule has 112 valence electrons. The van der Waals surface area contributed by atoms with Crippen molar-refractivity contribution in [3.63, 3.8) is 0 Å². The van der Waals surface area contributed by atoms with Crippen LogP contribution in [0.25, 0.3) is 0 Å². The smallest absolute Gasteiger partial charge is 0.264 e. The minimum atomic E-state index is -3.61. The Balaban J connectivity index is 2.10. The fourth-order valence-corrected chi connectivity index (χ4v) is 4.97. The zero-order chi connectivity index (χ0) is 15.7. The molecule has 0 N–H and O–H groups in total. The van der Waals surface area contributed by atoms with Crippen molar-refractivity contribution in [2.45, 2.75) is 16.7 Å². The van der Waals surface area contributed by atoms with Crippen LogP contribution in [0.4, 0.5) is 5.69 Å². The Morgan fingerprint density at radius 3 is 2.59 bits per heavy atom. The summed E-state index contributed by atoms with van der Waals surface area (Å²) in [5.41, 5.74) is 2.07. The molecule has 0 spiro atoms. The van der Waals surface area contributed by atoms with Crippen LogP contribution in [0.2, 0.25) is 0 Å². The minimum absolute atomic E-state index is 0.276. The Hall–Kier alpha value is -1.97. The largest absolute Gasteiger partial charge is 0.264 e. The van der Waals surface area contributed by atoms with Gasteiger partial charge in [-0.1, -0.05) is 17.7 Å². The Morgan fingerprint density at radius 2 is 1.91 bits per heavy atom. The molecule has 0 atom stereocenters. The Morgan fingerprint density at radius 1 is 1.18 bits per heavy atom. The van der Waals surface area contributed by atoms with Crippen LogP contribution in [0.3, 0.4) is 0 Å². The summed E-state index contributed by atoms with van der Waals surface area (Å²) in [5.74, 6) is 0.698. The van der Waals surface area contributed by atoms with Crippen LogP contribution < -0.4 is 4.31 Å². The molecule has 0 aliphatic carbocycles. The second-order valence-electron chi connectivity index (χ2n) is 5.03. The van der Waals surface area contributed by atoms with Crippen LogP contribution in [0, 0.1) is 18.3 Å². The number of rotatable bonds is 2. The van der Waals surface area contributed by atoms with Gasteiger partial charge < -0.3 is 0 Å². The number of aryl methyl sites for hydroxylation is 1. The average molecular weight is 330 g/mol. The number of anilines is 1. The van der Waals surface area contributed by atoms with Gasteiger partial charge in [0.25, 0.3) is 10.0 Å². The maximum atomic E-state index is 12.9. The van der Waals surface area contributed by atoms with Gasteiger partial charge in [0.2, 0.25) is 0 Å². The number of sulfonamides is 1. The lowest BCUT2D eigenvalue weighted by Crippen LogP contribution is -2.35. The molecule has 0 aromatic heterocycles. The molecule has 0 amide bonds. The summed E-state index contributed by atoms with van der Waals surface area (Å²) >= 11 is 1.61. The predicted molar refractivity (Wildman–Crippen MR) is 87.6 cm³/mol. The molecule has 6 heteroatoms. The van der Waals surface area contributed by atoms with Gasteiger partial charge >= 0.3 is 0 Å². The molecule has 2 aromatic rings. The molecule has 1 aliphatic rings. The highest BCUT2D eigenvalue weighted by molar-refractivity contribution is 8.00. The number of hydrogen-bond acceptors (Lipinski definition) is 4. The van der Waals surface area contributed by atoms with Gasteiger partial charge in [-0.3, -0.25) is 4.31 Å². The third kappa shape index (κ3) is 2.58. The minimum Gasteiger partial charge on any atom is -0.264 e. The first-order chi connectivity index (χ1) is 10.5. The first-order valence-electron chi connectivity index (χ1n) is 6.79. The number of thioether (sulfide) groups is 1. The Bertz CT molecular complexity index is 853. The summed E-state index contributed by atoms with van der Waals surface area (Å²) < 4.78 is 27.2. The Labute approximate surface area is 134 Å². The number of nitrogens with zero attached hydrogens (tertiary/aromatic N) is 2. The third-order valence-electron chi connectivity index (χ3n) is 3.52. The monoisotopic (exact) mass is 330 g/mol. The second-order valence-corrected chi connectivity index (χ2v) is 8.03. The first-order valence-corrected chi connectivity index (χ1v) is 9.21. The fourth-order valence-electron chi connectivity index (χ4n) is 2.35. The van der Waals surface area contributed by atoms with Crippen molar-refractivity contribution < 1.29 is 8.42 Å². The van der Waals surface area contributed by atoms with E-state index in [1.54, 1.807) is 48.2 Å². The average Bonchev–Trinajstić information content (AvgIpc) is 2.54. The molecule has 0 saturated heterocycles. The van der Waals surface area contributed by atoms with Gasteiger partial charge in [-0.15, -0.1) is 11.8 Å². The standard InChI is InChI=1S/C16H14N2O2S2/c1-12-2-5-14(6-3-12)22(19,20)18-8-9-21-16-7-4-13(11-17)10-15(16)18/h2-7,10H,8-9H2,1H3. The van der Waals surface area contributed by atoms with Crippen LogP contribution in [-0.4, -0.2) is 20.7 Å². The van der Waals surface area contributed by atoms with E-state index >= 15 is 0 Å². The van der Waals surface area contributed by atoms with Crippen molar-refractivity contribution in [2.24, 2.45) is 0 Å². The zero-order valence-electron chi connectivity index (χ0n) is 12.0. The van der Waals surface area contributed by atoms with Crippen molar-refractivity contribution in [2.75, 3.05) is 16.6 Å². The topological polar surface area (TPSA) is 61.2 Å². The molecular weight excluding hydrogens is 316 g/mol. The van der Waals surface area contributed by atoms with E-state index in [-0.39, 0.29) is 4.90 Å². The summed E-state index contributed by atoms with van der Waals surface area (Å²) in [6.45, 7) is 2.32. The summed E-state index contributed by atoms with van der Waals surface area (Å²) in [4.78, 5) is 1.17. The van der Waals surface area contributed by atoms with Gasteiger partial charge in [0.1, 0.15) is 0 Å². The maximum Gasteiger partial charge on any atom is 0.264 e. The lowest BCUT2D eigenvalue weighted by molar-refractivity contribution is 0.591. The van der Waals surface area contributed by atoms with E-state index in [0.29, 0.717) is 23.5 Å². The normalized spacial score (nSPS) is 14.3. The highest BCUT2D eigenvalue weighted by atomic mass is 32.2. The summed E-state index contributed by atoms with van der Waals surface area (Å²) in [6, 6.07) is 14.1. The van der Waals surface area contributed by atoms with Crippen molar-refractivity contribution >= 4 is 27.5 Å². The Kier molecular flexibility index (Phi) is 3.85. The number of hydrogen-bond donors (Lipinski definition) is 0. The van der Waals surface area contributed by atoms with E-state index in [1.807, 2.05) is 13.0 Å². The molecular formula is C16H14N2O2S2. The van der Waals surface area contributed by atoms with Crippen LogP contribution in [-0.2, 0) is 10.0 Å². The van der Waals surface area contributed by atoms with Crippen LogP contribution in [0.15, 0.2) is 52.3 Å². The van der Waals surface area contributed by atoms with Crippen molar-refractivity contribution in [1.82, 2.24) is 0 Å². The van der Waals surface area contributed by atoms with Crippen molar-refractivity contribution in [1.29, 1.82) is 5.26 Å². The molecule has 1 heterocycles. The highest BCUT2D eigenvalue weighted by Gasteiger charge is 2.29. The number of nitriles is 1. The third-order valence-corrected chi connectivity index (χ3v) is 6.39. The molecule has 2 aromatic carbocycles. The zero-order valence-corrected chi connectivity index (χ0v) is 13.6. The van der Waals surface area contributed by atoms with Crippen molar-refractivity contribution in [3.05, 3.63) is 53.6 Å². The number of benzene rings is 2.